The molecule has 0 bridgehead atoms. The van der Waals surface area contributed by atoms with Gasteiger partial charge in [0.1, 0.15) is 0 Å². The van der Waals surface area contributed by atoms with Crippen LogP contribution in [-0.4, -0.2) is 74.1 Å². The molecular formula is C18H30N8O. The minimum Gasteiger partial charge on any atom is -0.346 e. The van der Waals surface area contributed by atoms with Crippen molar-refractivity contribution in [2.75, 3.05) is 32.7 Å². The van der Waals surface area contributed by atoms with E-state index in [1.54, 1.807) is 23.4 Å². The number of hydrogen-bond acceptors (Lipinski definition) is 6. The molecule has 0 spiro atoms. The van der Waals surface area contributed by atoms with Crippen LogP contribution in [0.1, 0.15) is 31.3 Å². The molecule has 9 heteroatoms. The van der Waals surface area contributed by atoms with Crippen LogP contribution in [0, 0.1) is 5.41 Å². The highest BCUT2D eigenvalue weighted by Crippen LogP contribution is 2.21. The number of hydrogen-bond donors (Lipinski definition) is 2. The summed E-state index contributed by atoms with van der Waals surface area (Å²) in [7, 11) is 0. The molecule has 0 aliphatic carbocycles. The van der Waals surface area contributed by atoms with Crippen molar-refractivity contribution in [1.29, 1.82) is 0 Å². The third-order valence-electron chi connectivity index (χ3n) is 4.93. The molecule has 3 heterocycles. The largest absolute Gasteiger partial charge is 0.346 e. The first-order chi connectivity index (χ1) is 12.9. The van der Waals surface area contributed by atoms with Crippen molar-refractivity contribution in [1.82, 2.24) is 40.1 Å². The van der Waals surface area contributed by atoms with E-state index in [0.717, 1.165) is 39.3 Å². The lowest BCUT2D eigenvalue weighted by Gasteiger charge is -2.31. The quantitative estimate of drug-likeness (QED) is 0.720. The van der Waals surface area contributed by atoms with E-state index in [1.165, 1.54) is 0 Å². The predicted molar refractivity (Wildman–Crippen MR) is 102 cm³/mol. The van der Waals surface area contributed by atoms with Crippen LogP contribution >= 0.6 is 0 Å². The number of carbonyl (C=O) groups excluding carboxylic acids is 1. The van der Waals surface area contributed by atoms with Gasteiger partial charge in [-0.2, -0.15) is 0 Å². The number of carbonyl (C=O) groups is 1. The fourth-order valence-corrected chi connectivity index (χ4v) is 3.06. The van der Waals surface area contributed by atoms with Gasteiger partial charge in [-0.05, 0) is 5.41 Å². The molecule has 0 radical (unpaired) electrons. The van der Waals surface area contributed by atoms with Crippen LogP contribution in [-0.2, 0) is 13.1 Å². The number of piperazine rings is 1. The number of imidazole rings is 1. The van der Waals surface area contributed by atoms with Gasteiger partial charge in [0, 0.05) is 51.7 Å². The monoisotopic (exact) mass is 374 g/mol. The van der Waals surface area contributed by atoms with Crippen molar-refractivity contribution in [3.05, 3.63) is 30.6 Å². The Bertz CT molecular complexity index is 712. The summed E-state index contributed by atoms with van der Waals surface area (Å²) < 4.78 is 3.72. The van der Waals surface area contributed by atoms with Gasteiger partial charge in [0.2, 0.25) is 0 Å². The molecule has 1 saturated heterocycles. The number of rotatable bonds is 7. The van der Waals surface area contributed by atoms with Gasteiger partial charge in [0.25, 0.3) is 5.91 Å². The molecule has 1 aliphatic heterocycles. The average molecular weight is 374 g/mol. The van der Waals surface area contributed by atoms with Gasteiger partial charge in [0.15, 0.2) is 5.69 Å². The molecule has 1 aliphatic rings. The number of aromatic nitrogens is 5. The number of nitrogens with one attached hydrogen (secondary N) is 2. The highest BCUT2D eigenvalue weighted by atomic mass is 16.2. The summed E-state index contributed by atoms with van der Waals surface area (Å²) in [4.78, 5) is 19.1. The van der Waals surface area contributed by atoms with E-state index < -0.39 is 0 Å². The molecule has 0 saturated carbocycles. The zero-order chi connectivity index (χ0) is 19.3. The first-order valence-electron chi connectivity index (χ1n) is 9.51. The lowest BCUT2D eigenvalue weighted by molar-refractivity contribution is 0.0887. The van der Waals surface area contributed by atoms with Crippen molar-refractivity contribution in [2.45, 2.75) is 39.9 Å². The van der Waals surface area contributed by atoms with E-state index in [1.807, 2.05) is 10.8 Å². The van der Waals surface area contributed by atoms with Crippen LogP contribution in [0.15, 0.2) is 24.9 Å². The van der Waals surface area contributed by atoms with E-state index in [9.17, 15) is 4.79 Å². The minimum atomic E-state index is -0.191. The first kappa shape index (κ1) is 19.5. The second kappa shape index (κ2) is 8.62. The summed E-state index contributed by atoms with van der Waals surface area (Å²) in [6.45, 7) is 12.8. The molecule has 0 unspecified atom stereocenters. The molecule has 0 aromatic carbocycles. The zero-order valence-corrected chi connectivity index (χ0v) is 16.4. The summed E-state index contributed by atoms with van der Waals surface area (Å²) in [6.07, 6.45) is 7.13. The Balaban J connectivity index is 1.56. The lowest BCUT2D eigenvalue weighted by atomic mass is 9.86. The highest BCUT2D eigenvalue weighted by molar-refractivity contribution is 5.92. The van der Waals surface area contributed by atoms with Gasteiger partial charge >= 0.3 is 0 Å². The third-order valence-corrected chi connectivity index (χ3v) is 4.93. The first-order valence-corrected chi connectivity index (χ1v) is 9.51. The smallest absolute Gasteiger partial charge is 0.273 e. The van der Waals surface area contributed by atoms with Crippen molar-refractivity contribution >= 4 is 5.91 Å². The summed E-state index contributed by atoms with van der Waals surface area (Å²) in [5.41, 5.74) is 0.258. The van der Waals surface area contributed by atoms with E-state index in [2.05, 4.69) is 51.6 Å². The summed E-state index contributed by atoms with van der Waals surface area (Å²) in [6, 6.07) is -0.0507. The molecule has 27 heavy (non-hydrogen) atoms. The topological polar surface area (TPSA) is 92.9 Å². The van der Waals surface area contributed by atoms with Gasteiger partial charge < -0.3 is 15.2 Å². The van der Waals surface area contributed by atoms with Crippen LogP contribution in [0.5, 0.6) is 0 Å². The molecule has 1 atom stereocenters. The van der Waals surface area contributed by atoms with Crippen LogP contribution in [0.4, 0.5) is 0 Å². The zero-order valence-electron chi connectivity index (χ0n) is 16.4. The van der Waals surface area contributed by atoms with Crippen molar-refractivity contribution in [3.63, 3.8) is 0 Å². The molecular weight excluding hydrogens is 344 g/mol. The van der Waals surface area contributed by atoms with Crippen LogP contribution in [0.25, 0.3) is 0 Å². The normalized spacial score (nSPS) is 17.0. The van der Waals surface area contributed by atoms with Gasteiger partial charge in [0.05, 0.1) is 25.1 Å². The molecule has 1 fully saturated rings. The van der Waals surface area contributed by atoms with E-state index in [4.69, 9.17) is 0 Å². The third kappa shape index (κ3) is 5.61. The average Bonchev–Trinajstić information content (AvgIpc) is 3.31. The Morgan fingerprint density at radius 1 is 1.30 bits per heavy atom. The fraction of sp³-hybridized carbons (Fsp3) is 0.667. The van der Waals surface area contributed by atoms with Gasteiger partial charge in [-0.1, -0.05) is 26.0 Å². The van der Waals surface area contributed by atoms with Crippen molar-refractivity contribution < 1.29 is 4.79 Å². The molecule has 3 rings (SSSR count). The van der Waals surface area contributed by atoms with Crippen LogP contribution in [0.2, 0.25) is 0 Å². The highest BCUT2D eigenvalue weighted by Gasteiger charge is 2.27. The second-order valence-electron chi connectivity index (χ2n) is 8.11. The Labute approximate surface area is 160 Å². The molecule has 1 amide bonds. The van der Waals surface area contributed by atoms with E-state index >= 15 is 0 Å². The van der Waals surface area contributed by atoms with Crippen molar-refractivity contribution in [2.24, 2.45) is 5.41 Å². The maximum absolute atomic E-state index is 12.7. The maximum Gasteiger partial charge on any atom is 0.273 e. The summed E-state index contributed by atoms with van der Waals surface area (Å²) >= 11 is 0. The molecule has 9 nitrogen and oxygen atoms in total. The Morgan fingerprint density at radius 2 is 2.07 bits per heavy atom. The van der Waals surface area contributed by atoms with Crippen LogP contribution in [0.3, 0.4) is 0 Å². The molecule has 2 aromatic rings. The van der Waals surface area contributed by atoms with Gasteiger partial charge in [-0.25, -0.2) is 4.98 Å². The molecule has 2 aromatic heterocycles. The minimum absolute atomic E-state index is 0.0507. The van der Waals surface area contributed by atoms with Crippen molar-refractivity contribution in [3.8, 4) is 0 Å². The summed E-state index contributed by atoms with van der Waals surface area (Å²) in [5.74, 6) is -0.191. The number of amides is 1. The Morgan fingerprint density at radius 3 is 2.74 bits per heavy atom. The molecule has 148 valence electrons. The van der Waals surface area contributed by atoms with Crippen LogP contribution < -0.4 is 10.6 Å². The van der Waals surface area contributed by atoms with E-state index in [0.29, 0.717) is 12.2 Å². The Kier molecular flexibility index (Phi) is 6.22. The Hall–Kier alpha value is -2.26. The lowest BCUT2D eigenvalue weighted by Crippen LogP contribution is -2.46. The number of nitrogens with zero attached hydrogens (tertiary/aromatic N) is 6. The fourth-order valence-electron chi connectivity index (χ4n) is 3.06. The molecule has 2 N–H and O–H groups in total. The van der Waals surface area contributed by atoms with Gasteiger partial charge in [-0.15, -0.1) is 5.10 Å². The summed E-state index contributed by atoms with van der Waals surface area (Å²) in [5, 5.41) is 14.6. The SMILES string of the molecule is CC(C)(C)[C@H](Cn1ccnc1)NC(=O)c1cn(CCN2CCNCC2)nn1. The predicted octanol–water partition coefficient (Wildman–Crippen LogP) is 0.225. The second-order valence-corrected chi connectivity index (χ2v) is 8.11. The standard InChI is InChI=1S/C18H30N8O/c1-18(2,3)16(13-25-9-6-20-14-25)21-17(27)15-12-26(23-22-15)11-10-24-7-4-19-5-8-24/h6,9,12,14,16,19H,4-5,7-8,10-11,13H2,1-3H3,(H,21,27)/t16-/m0/s1. The van der Waals surface area contributed by atoms with E-state index in [-0.39, 0.29) is 17.4 Å². The maximum atomic E-state index is 12.7. The van der Waals surface area contributed by atoms with Gasteiger partial charge in [-0.3, -0.25) is 14.4 Å².